The Kier molecular flexibility index (Phi) is 16.0. The average molecular weight is 988 g/mol. The van der Waals surface area contributed by atoms with Gasteiger partial charge in [-0.25, -0.2) is 8.42 Å². The Balaban J connectivity index is 0.00000676. The summed E-state index contributed by atoms with van der Waals surface area (Å²) in [4.78, 5) is 8.50. The van der Waals surface area contributed by atoms with E-state index in [2.05, 4.69) is 99.3 Å². The van der Waals surface area contributed by atoms with Gasteiger partial charge in [0.2, 0.25) is 0 Å². The minimum absolute atomic E-state index is 0. The van der Waals surface area contributed by atoms with Crippen molar-refractivity contribution >= 4 is 67.4 Å². The van der Waals surface area contributed by atoms with Crippen LogP contribution in [0.4, 0.5) is 45.5 Å². The molecule has 9 rings (SSSR count). The minimum atomic E-state index is -4.69. The summed E-state index contributed by atoms with van der Waals surface area (Å²) in [7, 11) is 1.93. The van der Waals surface area contributed by atoms with Crippen LogP contribution in [0.5, 0.6) is 23.0 Å². The van der Waals surface area contributed by atoms with Crippen LogP contribution in [0.1, 0.15) is 13.3 Å². The monoisotopic (exact) mass is 987 g/mol. The van der Waals surface area contributed by atoms with Crippen LogP contribution < -0.4 is 63.2 Å². The Bertz CT molecular complexity index is 2990. The SMILES string of the molecule is CC#CC(CCN1c2cccc(-c3ccc(N(c4ccc(OC)cc4)c4ccc(OC)cc4)cc3)c2Sc2c(-c3ccc(N(c4ccc(OC)cc4)c4ccc(OC)cc4)cc3)cccc21)S(=O)(=O)[O-].[Na+]. The maximum absolute atomic E-state index is 12.5. The molecule has 10 nitrogen and oxygen atoms in total. The molecule has 0 saturated carbocycles. The van der Waals surface area contributed by atoms with Crippen LogP contribution in [0.3, 0.4) is 0 Å². The number of nitrogens with zero attached hydrogens (tertiary/aromatic N) is 3. The summed E-state index contributed by atoms with van der Waals surface area (Å²) in [5, 5.41) is -1.36. The fourth-order valence-electron chi connectivity index (χ4n) is 8.71. The van der Waals surface area contributed by atoms with Crippen molar-refractivity contribution < 1.29 is 61.5 Å². The number of benzene rings is 8. The predicted octanol–water partition coefficient (Wildman–Crippen LogP) is 10.9. The van der Waals surface area contributed by atoms with Crippen molar-refractivity contribution in [3.63, 3.8) is 0 Å². The van der Waals surface area contributed by atoms with E-state index >= 15 is 0 Å². The molecule has 0 aromatic heterocycles. The van der Waals surface area contributed by atoms with E-state index in [0.29, 0.717) is 0 Å². The molecule has 0 aliphatic carbocycles. The van der Waals surface area contributed by atoms with Gasteiger partial charge in [0, 0.05) is 50.5 Å². The largest absolute Gasteiger partial charge is 1.00 e. The van der Waals surface area contributed by atoms with E-state index in [0.717, 1.165) is 101 Å². The quantitative estimate of drug-likeness (QED) is 0.0525. The maximum Gasteiger partial charge on any atom is 1.00 e. The van der Waals surface area contributed by atoms with Gasteiger partial charge in [0.1, 0.15) is 38.4 Å². The van der Waals surface area contributed by atoms with E-state index in [4.69, 9.17) is 18.9 Å². The molecule has 71 heavy (non-hydrogen) atoms. The topological polar surface area (TPSA) is 104 Å². The summed E-state index contributed by atoms with van der Waals surface area (Å²) in [6.07, 6.45) is 0.0210. The van der Waals surface area contributed by atoms with Gasteiger partial charge < -0.3 is 38.2 Å². The molecule has 0 saturated heterocycles. The van der Waals surface area contributed by atoms with Crippen molar-refractivity contribution in [2.75, 3.05) is 49.7 Å². The second-order valence-corrected chi connectivity index (χ2v) is 18.9. The van der Waals surface area contributed by atoms with Crippen molar-refractivity contribution in [2.45, 2.75) is 28.4 Å². The molecule has 0 amide bonds. The van der Waals surface area contributed by atoms with Crippen LogP contribution in [0.2, 0.25) is 0 Å². The number of hydrogen-bond donors (Lipinski definition) is 0. The van der Waals surface area contributed by atoms with E-state index in [9.17, 15) is 13.0 Å². The smallest absolute Gasteiger partial charge is 0.747 e. The molecule has 1 heterocycles. The van der Waals surface area contributed by atoms with Crippen LogP contribution in [-0.4, -0.2) is 53.2 Å². The van der Waals surface area contributed by atoms with Gasteiger partial charge in [-0.15, -0.1) is 5.92 Å². The van der Waals surface area contributed by atoms with Gasteiger partial charge in [-0.2, -0.15) is 0 Å². The number of anilines is 8. The van der Waals surface area contributed by atoms with Crippen LogP contribution in [0, 0.1) is 11.8 Å². The number of rotatable bonds is 16. The van der Waals surface area contributed by atoms with Gasteiger partial charge in [-0.1, -0.05) is 66.2 Å². The zero-order chi connectivity index (χ0) is 48.8. The zero-order valence-corrected chi connectivity index (χ0v) is 44.0. The summed E-state index contributed by atoms with van der Waals surface area (Å²) >= 11 is 1.68. The van der Waals surface area contributed by atoms with Gasteiger partial charge >= 0.3 is 29.6 Å². The molecule has 1 atom stereocenters. The Labute approximate surface area is 442 Å². The Morgan fingerprint density at radius 3 is 1.10 bits per heavy atom. The van der Waals surface area contributed by atoms with Gasteiger partial charge in [0.05, 0.1) is 39.8 Å². The van der Waals surface area contributed by atoms with Gasteiger partial charge in [0.15, 0.2) is 0 Å². The number of hydrogen-bond acceptors (Lipinski definition) is 11. The van der Waals surface area contributed by atoms with E-state index < -0.39 is 15.4 Å². The maximum atomic E-state index is 12.5. The Morgan fingerprint density at radius 2 is 0.817 bits per heavy atom. The third-order valence-electron chi connectivity index (χ3n) is 12.2. The fourth-order valence-corrected chi connectivity index (χ4v) is 10.7. The first-order chi connectivity index (χ1) is 34.1. The first-order valence-electron chi connectivity index (χ1n) is 22.6. The number of ether oxygens (including phenoxy) is 4. The molecule has 352 valence electrons. The molecule has 8 aromatic rings. The average Bonchev–Trinajstić information content (AvgIpc) is 3.40. The second-order valence-electron chi connectivity index (χ2n) is 16.3. The van der Waals surface area contributed by atoms with Crippen molar-refractivity contribution in [3.05, 3.63) is 182 Å². The van der Waals surface area contributed by atoms with E-state index in [1.165, 1.54) is 0 Å². The summed E-state index contributed by atoms with van der Waals surface area (Å²) in [5.74, 6) is 8.39. The van der Waals surface area contributed by atoms with E-state index in [-0.39, 0.29) is 42.5 Å². The minimum Gasteiger partial charge on any atom is -0.747 e. The van der Waals surface area contributed by atoms with Crippen LogP contribution in [0.15, 0.2) is 192 Å². The standard InChI is InChI=1S/C58H51N3O7S2.Na/c1-6-9-52(70(62,63)64)38-39-59-55-12-7-10-53(40-14-18-42(19-15-40)60(44-22-30-48(65-2)31-23-44)45-24-32-49(66-3)33-25-45)57(55)69-58-54(11-8-13-56(58)59)41-16-20-43(21-17-41)61(46-26-34-50(67-4)35-27-46)47-28-36-51(68-5)37-29-47;/h7-8,10-37,52H,38-39H2,1-5H3,(H,62,63,64);/q;+1/p-1. The third-order valence-corrected chi connectivity index (χ3v) is 14.6. The molecule has 0 fully saturated rings. The van der Waals surface area contributed by atoms with Gasteiger partial charge in [-0.05, 0) is 169 Å². The summed E-state index contributed by atoms with van der Waals surface area (Å²) < 4.78 is 59.3. The van der Waals surface area contributed by atoms with Crippen LogP contribution in [-0.2, 0) is 10.1 Å². The van der Waals surface area contributed by atoms with Crippen molar-refractivity contribution in [2.24, 2.45) is 0 Å². The first-order valence-corrected chi connectivity index (χ1v) is 24.8. The molecule has 1 aliphatic rings. The van der Waals surface area contributed by atoms with Crippen LogP contribution >= 0.6 is 11.8 Å². The first kappa shape index (κ1) is 50.6. The molecule has 0 radical (unpaired) electrons. The molecule has 0 spiro atoms. The molecule has 0 bridgehead atoms. The Morgan fingerprint density at radius 1 is 0.507 bits per heavy atom. The third kappa shape index (κ3) is 10.9. The molecular weight excluding hydrogens is 938 g/mol. The summed E-state index contributed by atoms with van der Waals surface area (Å²) in [6.45, 7) is 1.79. The molecule has 13 heteroatoms. The second kappa shape index (κ2) is 22.5. The van der Waals surface area contributed by atoms with Gasteiger partial charge in [-0.3, -0.25) is 0 Å². The molecular formula is C58H50N3NaO7S2. The van der Waals surface area contributed by atoms with Crippen molar-refractivity contribution in [1.29, 1.82) is 0 Å². The molecule has 1 aliphatic heterocycles. The predicted molar refractivity (Wildman–Crippen MR) is 282 cm³/mol. The summed E-state index contributed by atoms with van der Waals surface area (Å²) in [5.41, 5.74) is 11.6. The Hall–Kier alpha value is -6.82. The molecule has 0 N–H and O–H groups in total. The van der Waals surface area contributed by atoms with Gasteiger partial charge in [0.25, 0.3) is 0 Å². The molecule has 8 aromatic carbocycles. The zero-order valence-electron chi connectivity index (χ0n) is 40.3. The van der Waals surface area contributed by atoms with Crippen LogP contribution in [0.25, 0.3) is 22.3 Å². The van der Waals surface area contributed by atoms with Crippen molar-refractivity contribution in [1.82, 2.24) is 0 Å². The summed E-state index contributed by atoms with van der Waals surface area (Å²) in [6, 6.07) is 61.2. The fraction of sp³-hybridized carbons (Fsp3) is 0.138. The van der Waals surface area contributed by atoms with Crippen molar-refractivity contribution in [3.8, 4) is 57.1 Å². The molecule has 1 unspecified atom stereocenters. The normalized spacial score (nSPS) is 11.9. The van der Waals surface area contributed by atoms with E-state index in [1.807, 2.05) is 109 Å². The number of methoxy groups -OCH3 is 4. The van der Waals surface area contributed by atoms with E-state index in [1.54, 1.807) is 47.1 Å². The number of fused-ring (bicyclic) bond motifs is 2.